The van der Waals surface area contributed by atoms with Crippen LogP contribution in [0.2, 0.25) is 0 Å². The molecule has 2 heterocycles. The number of aliphatic carboxylic acids is 1. The molecule has 1 aromatic heterocycles. The van der Waals surface area contributed by atoms with Crippen molar-refractivity contribution in [3.05, 3.63) is 47.2 Å². The van der Waals surface area contributed by atoms with Crippen molar-refractivity contribution in [1.82, 2.24) is 15.2 Å². The summed E-state index contributed by atoms with van der Waals surface area (Å²) in [5.74, 6) is 2.95. The maximum atomic E-state index is 12.8. The molecule has 0 bridgehead atoms. The van der Waals surface area contributed by atoms with Gasteiger partial charge in [-0.25, -0.2) is 13.4 Å². The van der Waals surface area contributed by atoms with Crippen LogP contribution in [0.3, 0.4) is 0 Å². The van der Waals surface area contributed by atoms with E-state index in [-0.39, 0.29) is 23.0 Å². The summed E-state index contributed by atoms with van der Waals surface area (Å²) in [5.41, 5.74) is 3.53. The number of carboxylic acids is 1. The van der Waals surface area contributed by atoms with Gasteiger partial charge in [0.15, 0.2) is 9.84 Å². The molecule has 10 heteroatoms. The molecule has 8 rings (SSSR count). The Kier molecular flexibility index (Phi) is 10.6. The summed E-state index contributed by atoms with van der Waals surface area (Å²) >= 11 is 0. The van der Waals surface area contributed by atoms with Crippen LogP contribution >= 0.6 is 0 Å². The number of pyridine rings is 1. The molecule has 7 unspecified atom stereocenters. The molecule has 0 amide bonds. The van der Waals surface area contributed by atoms with Crippen LogP contribution in [0.15, 0.2) is 41.6 Å². The summed E-state index contributed by atoms with van der Waals surface area (Å²) in [6.45, 7) is 16.6. The lowest BCUT2D eigenvalue weighted by molar-refractivity contribution is -0.218. The highest BCUT2D eigenvalue weighted by atomic mass is 32.2. The zero-order valence-electron chi connectivity index (χ0n) is 35.4. The average Bonchev–Trinajstić information content (AvgIpc) is 3.60. The zero-order valence-corrected chi connectivity index (χ0v) is 36.2. The number of allylic oxidation sites excluding steroid dienone is 4. The molecule has 7 aliphatic rings. The molecule has 5 fully saturated rings. The molecule has 0 radical (unpaired) electrons. The van der Waals surface area contributed by atoms with Crippen molar-refractivity contribution in [3.63, 3.8) is 0 Å². The first kappa shape index (κ1) is 41.0. The lowest BCUT2D eigenvalue weighted by Crippen LogP contribution is -2.67. The van der Waals surface area contributed by atoms with Gasteiger partial charge in [0.1, 0.15) is 0 Å². The van der Waals surface area contributed by atoms with Crippen molar-refractivity contribution < 1.29 is 23.1 Å². The van der Waals surface area contributed by atoms with Gasteiger partial charge >= 0.3 is 5.97 Å². The monoisotopic (exact) mass is 800 g/mol. The Morgan fingerprint density at radius 2 is 1.75 bits per heavy atom. The third kappa shape index (κ3) is 6.82. The van der Waals surface area contributed by atoms with E-state index in [0.717, 1.165) is 37.8 Å². The maximum absolute atomic E-state index is 12.8. The summed E-state index contributed by atoms with van der Waals surface area (Å²) in [7, 11) is -2.85. The second-order valence-electron chi connectivity index (χ2n) is 20.9. The Bertz CT molecular complexity index is 1940. The van der Waals surface area contributed by atoms with Gasteiger partial charge in [-0.1, -0.05) is 53.2 Å². The Hall–Kier alpha value is -2.74. The molecule has 9 nitrogen and oxygen atoms in total. The quantitative estimate of drug-likeness (QED) is 0.240. The van der Waals surface area contributed by atoms with Gasteiger partial charge in [-0.05, 0) is 146 Å². The van der Waals surface area contributed by atoms with Gasteiger partial charge in [-0.15, -0.1) is 0 Å². The standard InChI is InChI=1S/C47H68N4O5S/c1-42(2)35(34-10-18-46(19-11-34,41(52)53)22-28-56-40-31-33(32-48)14-23-49-40)12-16-43(3)38(42)13-17-45(5)39(43)9-8-36-37-7-6-15-47(37,21-20-44(36,45)4)50-24-25-51-26-29-57(54,55)30-27-51/h10,12,14,23,31,36-39,50H,6-9,11,13,15-22,24-30H2,1-5H3,(H,52,53)/t36?,37-,38?,39?,43?,44-,45?,46?,47?/m1/s1. The lowest BCUT2D eigenvalue weighted by atomic mass is 9.33. The average molecular weight is 801 g/mol. The van der Waals surface area contributed by atoms with Crippen molar-refractivity contribution in [1.29, 1.82) is 5.26 Å². The van der Waals surface area contributed by atoms with Crippen LogP contribution in [0.5, 0.6) is 5.88 Å². The Labute approximate surface area is 342 Å². The van der Waals surface area contributed by atoms with Crippen LogP contribution in [-0.4, -0.2) is 79.2 Å². The van der Waals surface area contributed by atoms with E-state index < -0.39 is 21.2 Å². The molecule has 6 aliphatic carbocycles. The number of rotatable bonds is 10. The fraction of sp³-hybridized carbons (Fsp3) is 0.766. The normalized spacial score (nSPS) is 40.9. The van der Waals surface area contributed by atoms with Crippen LogP contribution in [-0.2, 0) is 14.6 Å². The van der Waals surface area contributed by atoms with Crippen molar-refractivity contribution in [3.8, 4) is 11.9 Å². The number of hydrogen-bond donors (Lipinski definition) is 2. The summed E-state index contributed by atoms with van der Waals surface area (Å²) in [4.78, 5) is 19.3. The zero-order chi connectivity index (χ0) is 40.5. The van der Waals surface area contributed by atoms with E-state index in [9.17, 15) is 23.6 Å². The number of sulfone groups is 1. The molecule has 9 atom stereocenters. The number of carboxylic acid groups (broad SMARTS) is 1. The van der Waals surface area contributed by atoms with E-state index in [0.29, 0.717) is 78.0 Å². The first-order valence-corrected chi connectivity index (χ1v) is 24.1. The fourth-order valence-corrected chi connectivity index (χ4v) is 16.3. The molecule has 2 N–H and O–H groups in total. The van der Waals surface area contributed by atoms with Crippen LogP contribution < -0.4 is 10.1 Å². The van der Waals surface area contributed by atoms with E-state index in [4.69, 9.17) is 4.74 Å². The molecule has 57 heavy (non-hydrogen) atoms. The van der Waals surface area contributed by atoms with E-state index in [1.807, 2.05) is 0 Å². The van der Waals surface area contributed by atoms with E-state index in [1.165, 1.54) is 68.9 Å². The van der Waals surface area contributed by atoms with Gasteiger partial charge in [-0.3, -0.25) is 4.79 Å². The fourth-order valence-electron chi connectivity index (χ4n) is 15.0. The number of nitrogens with one attached hydrogen (secondary N) is 1. The minimum atomic E-state index is -2.85. The minimum Gasteiger partial charge on any atom is -0.481 e. The smallest absolute Gasteiger partial charge is 0.310 e. The van der Waals surface area contributed by atoms with Crippen molar-refractivity contribution in [2.24, 2.45) is 50.7 Å². The lowest BCUT2D eigenvalue weighted by Gasteiger charge is -2.72. The van der Waals surface area contributed by atoms with Gasteiger partial charge in [-0.2, -0.15) is 5.26 Å². The number of hydrogen-bond acceptors (Lipinski definition) is 8. The number of ether oxygens (including phenoxy) is 1. The van der Waals surface area contributed by atoms with Crippen molar-refractivity contribution in [2.45, 2.75) is 130 Å². The van der Waals surface area contributed by atoms with E-state index in [2.05, 4.69) is 68.0 Å². The molecule has 312 valence electrons. The number of fused-ring (bicyclic) bond motifs is 7. The topological polar surface area (TPSA) is 133 Å². The summed E-state index contributed by atoms with van der Waals surface area (Å²) in [5, 5.41) is 23.9. The van der Waals surface area contributed by atoms with Crippen LogP contribution in [0.4, 0.5) is 0 Å². The molecule has 0 aromatic carbocycles. The Morgan fingerprint density at radius 3 is 2.47 bits per heavy atom. The minimum absolute atomic E-state index is 0.0112. The SMILES string of the molecule is CC1(C)C(C2=CCC(CCOc3cc(C#N)ccn3)(C(=O)O)CC2)=CCC2(C)C1CCC1(C)C2CCC2[C@H]3CCCC3(NCCN3CCS(=O)(=O)CC3)CC[C@]21C. The maximum Gasteiger partial charge on any atom is 0.310 e. The second-order valence-corrected chi connectivity index (χ2v) is 23.2. The molecular formula is C47H68N4O5S. The molecule has 1 saturated heterocycles. The Morgan fingerprint density at radius 1 is 0.965 bits per heavy atom. The van der Waals surface area contributed by atoms with Crippen LogP contribution in [0, 0.1) is 62.1 Å². The van der Waals surface area contributed by atoms with Gasteiger partial charge in [0.2, 0.25) is 5.88 Å². The highest BCUT2D eigenvalue weighted by Crippen LogP contribution is 2.76. The van der Waals surface area contributed by atoms with Crippen LogP contribution in [0.1, 0.15) is 130 Å². The van der Waals surface area contributed by atoms with Gasteiger partial charge in [0.25, 0.3) is 0 Å². The number of nitrogens with zero attached hydrogens (tertiary/aromatic N) is 3. The van der Waals surface area contributed by atoms with E-state index >= 15 is 0 Å². The summed E-state index contributed by atoms with van der Waals surface area (Å²) in [6, 6.07) is 5.34. The predicted molar refractivity (Wildman–Crippen MR) is 223 cm³/mol. The van der Waals surface area contributed by atoms with Gasteiger partial charge < -0.3 is 20.1 Å². The predicted octanol–water partition coefficient (Wildman–Crippen LogP) is 8.37. The van der Waals surface area contributed by atoms with Gasteiger partial charge in [0, 0.05) is 44.0 Å². The third-order valence-electron chi connectivity index (χ3n) is 18.4. The number of carbonyl (C=O) groups is 1. The summed E-state index contributed by atoms with van der Waals surface area (Å²) < 4.78 is 29.9. The van der Waals surface area contributed by atoms with Crippen molar-refractivity contribution in [2.75, 3.05) is 44.3 Å². The first-order chi connectivity index (χ1) is 27.0. The highest BCUT2D eigenvalue weighted by molar-refractivity contribution is 7.91. The number of aromatic nitrogens is 1. The van der Waals surface area contributed by atoms with Crippen LogP contribution in [0.25, 0.3) is 0 Å². The molecule has 0 spiro atoms. The summed E-state index contributed by atoms with van der Waals surface area (Å²) in [6.07, 6.45) is 21.5. The second kappa shape index (κ2) is 14.8. The van der Waals surface area contributed by atoms with E-state index in [1.54, 1.807) is 18.3 Å². The molecular weight excluding hydrogens is 733 g/mol. The number of nitriles is 1. The molecule has 4 saturated carbocycles. The highest BCUT2D eigenvalue weighted by Gasteiger charge is 2.69. The molecule has 1 aliphatic heterocycles. The largest absolute Gasteiger partial charge is 0.481 e. The van der Waals surface area contributed by atoms with Crippen molar-refractivity contribution >= 4 is 15.8 Å². The Balaban J connectivity index is 0.955. The first-order valence-electron chi connectivity index (χ1n) is 22.3. The van der Waals surface area contributed by atoms with Gasteiger partial charge in [0.05, 0.1) is 35.2 Å². The third-order valence-corrected chi connectivity index (χ3v) is 20.0. The molecule has 1 aromatic rings.